The standard InChI is InChI=1S/C25H28F3N3O3S2/c1-16-4-2-8-30(13-16)36(32,33)19-6-7-24-23(11-19)29-25(31(24)14-18-5-3-9-34-18)35-15-17-10-21(27)22(28)12-20(17)26/h6-7,10-12,16,18H,2-5,8-9,13-15H2,1H3/t16-,18-/m1/s1. The van der Waals surface area contributed by atoms with Crippen LogP contribution in [0.15, 0.2) is 40.4 Å². The Morgan fingerprint density at radius 2 is 1.89 bits per heavy atom. The van der Waals surface area contributed by atoms with Crippen LogP contribution in [0.5, 0.6) is 0 Å². The molecule has 0 saturated carbocycles. The molecule has 0 spiro atoms. The van der Waals surface area contributed by atoms with E-state index in [1.54, 1.807) is 18.2 Å². The van der Waals surface area contributed by atoms with Crippen LogP contribution in [0.1, 0.15) is 38.2 Å². The van der Waals surface area contributed by atoms with Gasteiger partial charge >= 0.3 is 0 Å². The van der Waals surface area contributed by atoms with Crippen LogP contribution in [0.2, 0.25) is 0 Å². The predicted octanol–water partition coefficient (Wildman–Crippen LogP) is 5.35. The maximum Gasteiger partial charge on any atom is 0.243 e. The van der Waals surface area contributed by atoms with Crippen LogP contribution in [0, 0.1) is 23.4 Å². The van der Waals surface area contributed by atoms with Gasteiger partial charge in [-0.25, -0.2) is 26.6 Å². The van der Waals surface area contributed by atoms with Gasteiger partial charge in [0.25, 0.3) is 0 Å². The van der Waals surface area contributed by atoms with Gasteiger partial charge in [-0.2, -0.15) is 4.31 Å². The highest BCUT2D eigenvalue weighted by molar-refractivity contribution is 7.98. The van der Waals surface area contributed by atoms with Crippen molar-refractivity contribution in [2.45, 2.75) is 61.1 Å². The number of hydrogen-bond donors (Lipinski definition) is 0. The Morgan fingerprint density at radius 3 is 2.64 bits per heavy atom. The number of imidazole rings is 1. The van der Waals surface area contributed by atoms with Crippen molar-refractivity contribution in [2.75, 3.05) is 19.7 Å². The molecule has 36 heavy (non-hydrogen) atoms. The van der Waals surface area contributed by atoms with Gasteiger partial charge in [-0.05, 0) is 55.9 Å². The van der Waals surface area contributed by atoms with E-state index in [9.17, 15) is 21.6 Å². The molecule has 2 aliphatic rings. The number of thioether (sulfide) groups is 1. The van der Waals surface area contributed by atoms with Gasteiger partial charge in [-0.3, -0.25) is 0 Å². The van der Waals surface area contributed by atoms with E-state index < -0.39 is 27.5 Å². The van der Waals surface area contributed by atoms with Crippen molar-refractivity contribution in [2.24, 2.45) is 5.92 Å². The minimum atomic E-state index is -3.66. The van der Waals surface area contributed by atoms with Gasteiger partial charge in [-0.1, -0.05) is 18.7 Å². The molecule has 1 aromatic heterocycles. The topological polar surface area (TPSA) is 64.4 Å². The molecular formula is C25H28F3N3O3S2. The predicted molar refractivity (Wildman–Crippen MR) is 132 cm³/mol. The lowest BCUT2D eigenvalue weighted by Gasteiger charge is -2.30. The van der Waals surface area contributed by atoms with Crippen molar-refractivity contribution in [1.82, 2.24) is 13.9 Å². The fraction of sp³-hybridized carbons (Fsp3) is 0.480. The molecule has 0 aliphatic carbocycles. The summed E-state index contributed by atoms with van der Waals surface area (Å²) in [5.41, 5.74) is 1.27. The summed E-state index contributed by atoms with van der Waals surface area (Å²) in [6.45, 7) is 4.23. The summed E-state index contributed by atoms with van der Waals surface area (Å²) in [5, 5.41) is 0.533. The SMILES string of the molecule is C[C@@H]1CCCN(S(=O)(=O)c2ccc3c(c2)nc(SCc2cc(F)c(F)cc2F)n3C[C@H]2CCCO2)C1. The normalized spacial score (nSPS) is 21.4. The highest BCUT2D eigenvalue weighted by Crippen LogP contribution is 2.32. The summed E-state index contributed by atoms with van der Waals surface area (Å²) >= 11 is 1.19. The highest BCUT2D eigenvalue weighted by atomic mass is 32.2. The van der Waals surface area contributed by atoms with E-state index in [2.05, 4.69) is 11.9 Å². The van der Waals surface area contributed by atoms with E-state index in [0.717, 1.165) is 37.3 Å². The molecule has 5 rings (SSSR count). The molecule has 2 atom stereocenters. The first-order valence-electron chi connectivity index (χ1n) is 12.1. The highest BCUT2D eigenvalue weighted by Gasteiger charge is 2.29. The summed E-state index contributed by atoms with van der Waals surface area (Å²) in [7, 11) is -3.66. The third-order valence-electron chi connectivity index (χ3n) is 6.80. The Morgan fingerprint density at radius 1 is 1.08 bits per heavy atom. The van der Waals surface area contributed by atoms with Crippen molar-refractivity contribution in [3.63, 3.8) is 0 Å². The fourth-order valence-corrected chi connectivity index (χ4v) is 7.47. The third-order valence-corrected chi connectivity index (χ3v) is 9.68. The molecule has 0 N–H and O–H groups in total. The number of sulfonamides is 1. The summed E-state index contributed by atoms with van der Waals surface area (Å²) in [4.78, 5) is 4.86. The van der Waals surface area contributed by atoms with Gasteiger partial charge < -0.3 is 9.30 Å². The van der Waals surface area contributed by atoms with Crippen LogP contribution in [0.4, 0.5) is 13.2 Å². The van der Waals surface area contributed by atoms with E-state index in [1.807, 2.05) is 4.57 Å². The zero-order valence-electron chi connectivity index (χ0n) is 19.9. The monoisotopic (exact) mass is 539 g/mol. The maximum absolute atomic E-state index is 14.2. The molecular weight excluding hydrogens is 511 g/mol. The van der Waals surface area contributed by atoms with Crippen molar-refractivity contribution in [1.29, 1.82) is 0 Å². The van der Waals surface area contributed by atoms with Crippen LogP contribution in [-0.4, -0.2) is 48.1 Å². The Balaban J connectivity index is 1.48. The number of halogens is 3. The van der Waals surface area contributed by atoms with E-state index in [4.69, 9.17) is 4.74 Å². The smallest absolute Gasteiger partial charge is 0.243 e. The number of nitrogens with zero attached hydrogens (tertiary/aromatic N) is 3. The van der Waals surface area contributed by atoms with Crippen LogP contribution >= 0.6 is 11.8 Å². The summed E-state index contributed by atoms with van der Waals surface area (Å²) < 4.78 is 77.1. The first-order valence-corrected chi connectivity index (χ1v) is 14.5. The number of ether oxygens (including phenoxy) is 1. The third kappa shape index (κ3) is 5.16. The quantitative estimate of drug-likeness (QED) is 0.299. The number of rotatable bonds is 7. The Kier molecular flexibility index (Phi) is 7.35. The van der Waals surface area contributed by atoms with Crippen molar-refractivity contribution >= 4 is 32.8 Å². The first kappa shape index (κ1) is 25.6. The van der Waals surface area contributed by atoms with Gasteiger partial charge in [0.05, 0.1) is 28.6 Å². The van der Waals surface area contributed by atoms with Gasteiger partial charge in [0, 0.05) is 37.1 Å². The number of aromatic nitrogens is 2. The maximum atomic E-state index is 14.2. The van der Waals surface area contributed by atoms with Gasteiger partial charge in [0.2, 0.25) is 10.0 Å². The minimum absolute atomic E-state index is 0.0139. The fourth-order valence-electron chi connectivity index (χ4n) is 4.86. The minimum Gasteiger partial charge on any atom is -0.376 e. The Labute approximate surface area is 212 Å². The van der Waals surface area contributed by atoms with Crippen molar-refractivity contribution in [3.8, 4) is 0 Å². The molecule has 0 radical (unpaired) electrons. The molecule has 0 unspecified atom stereocenters. The van der Waals surface area contributed by atoms with Crippen LogP contribution < -0.4 is 0 Å². The lowest BCUT2D eigenvalue weighted by atomic mass is 10.0. The second-order valence-corrected chi connectivity index (χ2v) is 12.4. The van der Waals surface area contributed by atoms with E-state index in [0.29, 0.717) is 48.9 Å². The molecule has 194 valence electrons. The van der Waals surface area contributed by atoms with Crippen molar-refractivity contribution in [3.05, 3.63) is 53.3 Å². The largest absolute Gasteiger partial charge is 0.376 e. The average Bonchev–Trinajstić information content (AvgIpc) is 3.48. The number of benzene rings is 2. The molecule has 0 bridgehead atoms. The second-order valence-electron chi connectivity index (χ2n) is 9.55. The number of hydrogen-bond acceptors (Lipinski definition) is 5. The average molecular weight is 540 g/mol. The summed E-state index contributed by atoms with van der Waals surface area (Å²) in [6, 6.07) is 6.33. The van der Waals surface area contributed by atoms with Crippen molar-refractivity contribution < 1.29 is 26.3 Å². The molecule has 3 heterocycles. The van der Waals surface area contributed by atoms with E-state index >= 15 is 0 Å². The molecule has 2 fully saturated rings. The lowest BCUT2D eigenvalue weighted by Crippen LogP contribution is -2.39. The zero-order chi connectivity index (χ0) is 25.4. The molecule has 2 aliphatic heterocycles. The van der Waals surface area contributed by atoms with Gasteiger partial charge in [0.15, 0.2) is 16.8 Å². The molecule has 2 aromatic carbocycles. The van der Waals surface area contributed by atoms with Crippen LogP contribution in [-0.2, 0) is 27.1 Å². The van der Waals surface area contributed by atoms with Gasteiger partial charge in [0.1, 0.15) is 5.82 Å². The Bertz CT molecular complexity index is 1370. The Hall–Kier alpha value is -2.08. The van der Waals surface area contributed by atoms with E-state index in [1.165, 1.54) is 16.1 Å². The summed E-state index contributed by atoms with van der Waals surface area (Å²) in [6.07, 6.45) is 3.68. The van der Waals surface area contributed by atoms with E-state index in [-0.39, 0.29) is 22.3 Å². The van der Waals surface area contributed by atoms with Crippen LogP contribution in [0.25, 0.3) is 11.0 Å². The van der Waals surface area contributed by atoms with Gasteiger partial charge in [-0.15, -0.1) is 0 Å². The molecule has 0 amide bonds. The number of piperidine rings is 1. The zero-order valence-corrected chi connectivity index (χ0v) is 21.6. The molecule has 11 heteroatoms. The summed E-state index contributed by atoms with van der Waals surface area (Å²) in [5.74, 6) is -2.82. The molecule has 6 nitrogen and oxygen atoms in total. The lowest BCUT2D eigenvalue weighted by molar-refractivity contribution is 0.0960. The number of fused-ring (bicyclic) bond motifs is 1. The molecule has 3 aromatic rings. The first-order chi connectivity index (χ1) is 17.2. The second kappa shape index (κ2) is 10.4. The molecule has 2 saturated heterocycles. The van der Waals surface area contributed by atoms with Crippen LogP contribution in [0.3, 0.4) is 0 Å².